The van der Waals surface area contributed by atoms with Gasteiger partial charge in [0.1, 0.15) is 0 Å². The highest BCUT2D eigenvalue weighted by Crippen LogP contribution is 2.56. The van der Waals surface area contributed by atoms with Crippen molar-refractivity contribution in [3.8, 4) is 11.1 Å². The number of fused-ring (bicyclic) bond motifs is 1. The van der Waals surface area contributed by atoms with E-state index < -0.39 is 0 Å². The van der Waals surface area contributed by atoms with E-state index in [0.717, 1.165) is 64.5 Å². The van der Waals surface area contributed by atoms with E-state index in [1.807, 2.05) is 24.4 Å². The first-order valence-electron chi connectivity index (χ1n) is 14.8. The fraction of sp³-hybridized carbons (Fsp3) is 0.515. The van der Waals surface area contributed by atoms with Gasteiger partial charge in [-0.3, -0.25) is 9.59 Å². The van der Waals surface area contributed by atoms with Gasteiger partial charge in [-0.1, -0.05) is 31.9 Å². The SMILES string of the molecule is CC1CCCCC1C(=O)Nc1ccc(-c2c[nH]c3ccc(NC(=O)C4C5CC6CC(C5)CC4C6)cc23)cc1. The van der Waals surface area contributed by atoms with Gasteiger partial charge in [-0.25, -0.2) is 0 Å². The molecule has 5 aliphatic carbocycles. The zero-order valence-electron chi connectivity index (χ0n) is 22.3. The van der Waals surface area contributed by atoms with Crippen molar-refractivity contribution in [1.29, 1.82) is 0 Å². The van der Waals surface area contributed by atoms with Crippen LogP contribution in [0.25, 0.3) is 22.0 Å². The largest absolute Gasteiger partial charge is 0.361 e. The second-order valence-corrected chi connectivity index (χ2v) is 12.8. The molecule has 5 saturated carbocycles. The predicted molar refractivity (Wildman–Crippen MR) is 153 cm³/mol. The highest BCUT2D eigenvalue weighted by Gasteiger charge is 2.50. The van der Waals surface area contributed by atoms with Crippen molar-refractivity contribution in [2.75, 3.05) is 10.6 Å². The van der Waals surface area contributed by atoms with Gasteiger partial charge in [0.2, 0.25) is 11.8 Å². The molecule has 2 unspecified atom stereocenters. The van der Waals surface area contributed by atoms with E-state index >= 15 is 0 Å². The van der Waals surface area contributed by atoms with Crippen molar-refractivity contribution in [3.05, 3.63) is 48.7 Å². The molecule has 1 heterocycles. The molecule has 0 radical (unpaired) electrons. The minimum absolute atomic E-state index is 0.115. The molecule has 2 aromatic carbocycles. The van der Waals surface area contributed by atoms with Gasteiger partial charge >= 0.3 is 0 Å². The van der Waals surface area contributed by atoms with Crippen LogP contribution in [0.5, 0.6) is 0 Å². The lowest BCUT2D eigenvalue weighted by Crippen LogP contribution is -2.49. The van der Waals surface area contributed by atoms with Crippen molar-refractivity contribution in [3.63, 3.8) is 0 Å². The topological polar surface area (TPSA) is 74.0 Å². The Hall–Kier alpha value is -3.08. The molecule has 38 heavy (non-hydrogen) atoms. The van der Waals surface area contributed by atoms with E-state index in [4.69, 9.17) is 0 Å². The summed E-state index contributed by atoms with van der Waals surface area (Å²) in [5.41, 5.74) is 4.97. The first kappa shape index (κ1) is 24.0. The van der Waals surface area contributed by atoms with Gasteiger partial charge < -0.3 is 15.6 Å². The van der Waals surface area contributed by atoms with E-state index in [1.165, 1.54) is 38.5 Å². The number of H-pyrrole nitrogens is 1. The fourth-order valence-corrected chi connectivity index (χ4v) is 8.69. The molecule has 3 aromatic rings. The van der Waals surface area contributed by atoms with Crippen LogP contribution >= 0.6 is 0 Å². The molecular formula is C33H39N3O2. The van der Waals surface area contributed by atoms with Gasteiger partial charge in [0, 0.05) is 45.9 Å². The average Bonchev–Trinajstić information content (AvgIpc) is 3.32. The second kappa shape index (κ2) is 9.59. The summed E-state index contributed by atoms with van der Waals surface area (Å²) in [6.45, 7) is 2.20. The van der Waals surface area contributed by atoms with E-state index in [0.29, 0.717) is 17.8 Å². The molecule has 5 aliphatic rings. The lowest BCUT2D eigenvalue weighted by molar-refractivity contribution is -0.132. The number of hydrogen-bond acceptors (Lipinski definition) is 2. The summed E-state index contributed by atoms with van der Waals surface area (Å²) in [7, 11) is 0. The maximum Gasteiger partial charge on any atom is 0.228 e. The molecule has 4 bridgehead atoms. The van der Waals surface area contributed by atoms with E-state index in [-0.39, 0.29) is 23.7 Å². The zero-order valence-corrected chi connectivity index (χ0v) is 22.3. The monoisotopic (exact) mass is 509 g/mol. The molecule has 0 spiro atoms. The zero-order chi connectivity index (χ0) is 25.8. The number of carbonyl (C=O) groups is 2. The third kappa shape index (κ3) is 4.34. The van der Waals surface area contributed by atoms with Gasteiger partial charge in [-0.2, -0.15) is 0 Å². The molecule has 0 saturated heterocycles. The van der Waals surface area contributed by atoms with Crippen LogP contribution in [0, 0.1) is 41.4 Å². The van der Waals surface area contributed by atoms with Crippen LogP contribution in [0.3, 0.4) is 0 Å². The number of aromatic amines is 1. The third-order valence-corrected chi connectivity index (χ3v) is 10.4. The number of anilines is 2. The van der Waals surface area contributed by atoms with Crippen LogP contribution in [0.1, 0.15) is 64.7 Å². The normalized spacial score (nSPS) is 31.9. The lowest BCUT2D eigenvalue weighted by Gasteiger charge is -2.53. The summed E-state index contributed by atoms with van der Waals surface area (Å²) >= 11 is 0. The maximum atomic E-state index is 13.4. The molecule has 2 atom stereocenters. The molecule has 8 rings (SSSR count). The summed E-state index contributed by atoms with van der Waals surface area (Å²) in [5, 5.41) is 7.53. The number of benzene rings is 2. The minimum Gasteiger partial charge on any atom is -0.361 e. The molecule has 1 aromatic heterocycles. The Morgan fingerprint density at radius 3 is 2.16 bits per heavy atom. The highest BCUT2D eigenvalue weighted by atomic mass is 16.2. The van der Waals surface area contributed by atoms with Crippen LogP contribution < -0.4 is 10.6 Å². The smallest absolute Gasteiger partial charge is 0.228 e. The first-order valence-corrected chi connectivity index (χ1v) is 14.8. The molecule has 198 valence electrons. The Morgan fingerprint density at radius 1 is 0.789 bits per heavy atom. The Kier molecular flexibility index (Phi) is 6.05. The highest BCUT2D eigenvalue weighted by molar-refractivity contribution is 6.01. The molecule has 3 N–H and O–H groups in total. The van der Waals surface area contributed by atoms with E-state index in [9.17, 15) is 9.59 Å². The maximum absolute atomic E-state index is 13.4. The van der Waals surface area contributed by atoms with E-state index in [1.54, 1.807) is 0 Å². The van der Waals surface area contributed by atoms with Crippen LogP contribution in [0.4, 0.5) is 11.4 Å². The van der Waals surface area contributed by atoms with Crippen molar-refractivity contribution in [1.82, 2.24) is 4.98 Å². The fourth-order valence-electron chi connectivity index (χ4n) is 8.69. The van der Waals surface area contributed by atoms with Gasteiger partial charge in [-0.15, -0.1) is 0 Å². The minimum atomic E-state index is 0.115. The Labute approximate surface area is 225 Å². The standard InChI is InChI=1S/C33H39N3O2/c1-19-4-2-3-5-27(19)32(37)35-25-8-6-22(7-9-25)29-18-34-30-11-10-26(17-28(29)30)36-33(38)31-23-13-20-12-21(15-23)16-24(31)14-20/h6-11,17-21,23-24,27,31,34H,2-5,12-16H2,1H3,(H,35,37)(H,36,38). The first-order chi connectivity index (χ1) is 18.5. The van der Waals surface area contributed by atoms with Gasteiger partial charge in [0.25, 0.3) is 0 Å². The van der Waals surface area contributed by atoms with Crippen molar-refractivity contribution in [2.24, 2.45) is 41.4 Å². The van der Waals surface area contributed by atoms with Gasteiger partial charge in [-0.05, 0) is 110 Å². The quantitative estimate of drug-likeness (QED) is 0.331. The molecule has 5 nitrogen and oxygen atoms in total. The summed E-state index contributed by atoms with van der Waals surface area (Å²) in [4.78, 5) is 29.7. The molecule has 5 fully saturated rings. The van der Waals surface area contributed by atoms with Crippen LogP contribution in [0.2, 0.25) is 0 Å². The summed E-state index contributed by atoms with van der Waals surface area (Å²) in [5.74, 6) is 4.03. The number of amides is 2. The lowest BCUT2D eigenvalue weighted by atomic mass is 9.51. The Balaban J connectivity index is 1.06. The number of carbonyl (C=O) groups excluding carboxylic acids is 2. The predicted octanol–water partition coefficient (Wildman–Crippen LogP) is 7.61. The number of hydrogen-bond donors (Lipinski definition) is 3. The van der Waals surface area contributed by atoms with E-state index in [2.05, 4.69) is 46.8 Å². The third-order valence-electron chi connectivity index (χ3n) is 10.4. The van der Waals surface area contributed by atoms with Crippen molar-refractivity contribution in [2.45, 2.75) is 64.7 Å². The van der Waals surface area contributed by atoms with Crippen molar-refractivity contribution < 1.29 is 9.59 Å². The molecule has 0 aliphatic heterocycles. The number of aromatic nitrogens is 1. The summed E-state index contributed by atoms with van der Waals surface area (Å²) < 4.78 is 0. The van der Waals surface area contributed by atoms with Crippen LogP contribution in [0.15, 0.2) is 48.7 Å². The van der Waals surface area contributed by atoms with Gasteiger partial charge in [0.15, 0.2) is 0 Å². The average molecular weight is 510 g/mol. The molecular weight excluding hydrogens is 470 g/mol. The van der Waals surface area contributed by atoms with Gasteiger partial charge in [0.05, 0.1) is 0 Å². The van der Waals surface area contributed by atoms with Crippen molar-refractivity contribution >= 4 is 34.1 Å². The van der Waals surface area contributed by atoms with Crippen LogP contribution in [-0.2, 0) is 9.59 Å². The Bertz CT molecular complexity index is 1330. The summed E-state index contributed by atoms with van der Waals surface area (Å²) in [6, 6.07) is 14.3. The molecule has 5 heteroatoms. The number of rotatable bonds is 5. The number of nitrogens with one attached hydrogen (secondary N) is 3. The second-order valence-electron chi connectivity index (χ2n) is 12.8. The molecule has 2 amide bonds. The Morgan fingerprint density at radius 2 is 1.45 bits per heavy atom. The summed E-state index contributed by atoms with van der Waals surface area (Å²) in [6.07, 6.45) is 13.0. The van der Waals surface area contributed by atoms with Crippen LogP contribution in [-0.4, -0.2) is 16.8 Å².